The standard InChI is InChI=1S/C22H21F3N4O6/c1-9-17(30)20(35-3)10(2)29-8-27(9)22(34)16-19(32)18(31)13(7-28(16)29)21(33)26-6-12-14(24)4-11(23)5-15(12)25/h4-5,7,9-10,30,32H,6,8H2,1-3H3,(H,26,33)/t9-,10+/m0/s1. The number of aliphatic hydroxyl groups excluding tert-OH is 1. The van der Waals surface area contributed by atoms with Crippen LogP contribution < -0.4 is 15.8 Å². The van der Waals surface area contributed by atoms with Gasteiger partial charge < -0.3 is 25.2 Å². The van der Waals surface area contributed by atoms with Crippen molar-refractivity contribution in [3.8, 4) is 5.75 Å². The smallest absolute Gasteiger partial charge is 0.278 e. The highest BCUT2D eigenvalue weighted by Crippen LogP contribution is 2.31. The molecule has 0 radical (unpaired) electrons. The molecule has 10 nitrogen and oxygen atoms in total. The molecule has 2 aromatic rings. The second-order valence-electron chi connectivity index (χ2n) is 8.11. The zero-order valence-corrected chi connectivity index (χ0v) is 18.8. The third-order valence-electron chi connectivity index (χ3n) is 6.14. The Morgan fingerprint density at radius 1 is 1.14 bits per heavy atom. The van der Waals surface area contributed by atoms with E-state index < -0.39 is 75.9 Å². The van der Waals surface area contributed by atoms with Crippen LogP contribution in [-0.4, -0.2) is 57.5 Å². The number of ether oxygens (including phenoxy) is 1. The number of nitrogens with one attached hydrogen (secondary N) is 1. The van der Waals surface area contributed by atoms with Crippen molar-refractivity contribution in [1.82, 2.24) is 14.9 Å². The molecule has 0 saturated heterocycles. The van der Waals surface area contributed by atoms with E-state index in [0.29, 0.717) is 12.1 Å². The number of hydrogen-bond acceptors (Lipinski definition) is 7. The van der Waals surface area contributed by atoms with Gasteiger partial charge in [-0.2, -0.15) is 0 Å². The second-order valence-corrected chi connectivity index (χ2v) is 8.11. The van der Waals surface area contributed by atoms with Crippen molar-refractivity contribution in [3.05, 3.63) is 74.3 Å². The molecule has 1 aromatic carbocycles. The number of nitrogens with zero attached hydrogens (tertiary/aromatic N) is 3. The quantitative estimate of drug-likeness (QED) is 0.588. The van der Waals surface area contributed by atoms with Crippen LogP contribution in [0.25, 0.3) is 0 Å². The Labute approximate surface area is 196 Å². The van der Waals surface area contributed by atoms with Crippen LogP contribution in [0.5, 0.6) is 5.75 Å². The van der Waals surface area contributed by atoms with Crippen LogP contribution in [0.1, 0.15) is 40.3 Å². The van der Waals surface area contributed by atoms with Gasteiger partial charge in [-0.3, -0.25) is 24.1 Å². The maximum atomic E-state index is 13.9. The van der Waals surface area contributed by atoms with Gasteiger partial charge in [0.1, 0.15) is 35.7 Å². The summed E-state index contributed by atoms with van der Waals surface area (Å²) in [6.45, 7) is 2.39. The Kier molecular flexibility index (Phi) is 5.87. The summed E-state index contributed by atoms with van der Waals surface area (Å²) in [4.78, 5) is 39.8. The fourth-order valence-electron chi connectivity index (χ4n) is 4.17. The van der Waals surface area contributed by atoms with Crippen molar-refractivity contribution in [3.63, 3.8) is 0 Å². The monoisotopic (exact) mass is 494 g/mol. The predicted octanol–water partition coefficient (Wildman–Crippen LogP) is 1.46. The predicted molar refractivity (Wildman–Crippen MR) is 115 cm³/mol. The number of hydrogen-bond donors (Lipinski definition) is 3. The van der Waals surface area contributed by atoms with Gasteiger partial charge in [-0.25, -0.2) is 13.2 Å². The van der Waals surface area contributed by atoms with Crippen molar-refractivity contribution in [2.24, 2.45) is 0 Å². The summed E-state index contributed by atoms with van der Waals surface area (Å²) in [5.74, 6) is -6.57. The Morgan fingerprint density at radius 2 is 1.77 bits per heavy atom. The third-order valence-corrected chi connectivity index (χ3v) is 6.14. The molecule has 35 heavy (non-hydrogen) atoms. The van der Waals surface area contributed by atoms with Crippen molar-refractivity contribution >= 4 is 11.8 Å². The normalized spacial score (nSPS) is 19.4. The van der Waals surface area contributed by atoms with Crippen molar-refractivity contribution in [1.29, 1.82) is 0 Å². The summed E-state index contributed by atoms with van der Waals surface area (Å²) in [5.41, 5.74) is -2.87. The van der Waals surface area contributed by atoms with Crippen molar-refractivity contribution in [2.45, 2.75) is 32.5 Å². The van der Waals surface area contributed by atoms with E-state index in [1.54, 1.807) is 13.8 Å². The van der Waals surface area contributed by atoms with E-state index in [2.05, 4.69) is 5.32 Å². The highest BCUT2D eigenvalue weighted by atomic mass is 19.1. The van der Waals surface area contributed by atoms with E-state index in [9.17, 15) is 37.8 Å². The molecular formula is C22H21F3N4O6. The summed E-state index contributed by atoms with van der Waals surface area (Å²) in [6.07, 6.45) is 1.01. The molecular weight excluding hydrogens is 473 g/mol. The number of halogens is 3. The lowest BCUT2D eigenvalue weighted by molar-refractivity contribution is 0.0614. The van der Waals surface area contributed by atoms with Crippen LogP contribution >= 0.6 is 0 Å². The Morgan fingerprint density at radius 3 is 2.37 bits per heavy atom. The number of amides is 2. The number of aliphatic hydroxyl groups is 1. The summed E-state index contributed by atoms with van der Waals surface area (Å²) < 4.78 is 47.4. The average Bonchev–Trinajstić information content (AvgIpc) is 2.87. The number of carbonyl (C=O) groups excluding carboxylic acids is 2. The summed E-state index contributed by atoms with van der Waals surface area (Å²) in [7, 11) is 1.33. The second kappa shape index (κ2) is 8.56. The molecule has 186 valence electrons. The van der Waals surface area contributed by atoms with E-state index in [1.165, 1.54) is 17.0 Å². The number of aromatic hydroxyl groups is 1. The van der Waals surface area contributed by atoms with Crippen LogP contribution in [0.15, 0.2) is 34.6 Å². The molecule has 4 rings (SSSR count). The third kappa shape index (κ3) is 3.72. The maximum absolute atomic E-state index is 13.9. The average molecular weight is 494 g/mol. The highest BCUT2D eigenvalue weighted by Gasteiger charge is 2.43. The number of carbonyl (C=O) groups is 2. The van der Waals surface area contributed by atoms with E-state index in [-0.39, 0.29) is 18.2 Å². The van der Waals surface area contributed by atoms with Crippen LogP contribution in [0.3, 0.4) is 0 Å². The summed E-state index contributed by atoms with van der Waals surface area (Å²) in [6, 6.07) is -0.643. The molecule has 13 heteroatoms. The number of fused-ring (bicyclic) bond motifs is 4. The Bertz CT molecular complexity index is 1320. The summed E-state index contributed by atoms with van der Waals surface area (Å²) >= 11 is 0. The number of aromatic nitrogens is 1. The number of benzene rings is 1. The number of methoxy groups -OCH3 is 1. The van der Waals surface area contributed by atoms with Gasteiger partial charge >= 0.3 is 0 Å². The van der Waals surface area contributed by atoms with Gasteiger partial charge in [0.25, 0.3) is 11.8 Å². The fourth-order valence-corrected chi connectivity index (χ4v) is 4.17. The first-order valence-electron chi connectivity index (χ1n) is 10.4. The van der Waals surface area contributed by atoms with E-state index in [1.807, 2.05) is 0 Å². The first-order chi connectivity index (χ1) is 16.5. The van der Waals surface area contributed by atoms with Crippen LogP contribution in [0, 0.1) is 17.5 Å². The fraction of sp³-hybridized carbons (Fsp3) is 0.318. The SMILES string of the molecule is COC1=C(O)[C@H](C)N2CN([C@@H]1C)n1cc(C(=O)NCc3c(F)cc(F)cc3F)c(=O)c(O)c1C2=O. The molecule has 2 atom stereocenters. The van der Waals surface area contributed by atoms with Gasteiger partial charge in [0, 0.05) is 30.4 Å². The molecule has 1 aromatic heterocycles. The van der Waals surface area contributed by atoms with Gasteiger partial charge in [0.2, 0.25) is 5.43 Å². The van der Waals surface area contributed by atoms with Gasteiger partial charge in [-0.15, -0.1) is 0 Å². The summed E-state index contributed by atoms with van der Waals surface area (Å²) in [5, 5.41) is 24.8. The number of pyridine rings is 1. The van der Waals surface area contributed by atoms with Crippen LogP contribution in [0.4, 0.5) is 13.2 Å². The largest absolute Gasteiger partial charge is 0.507 e. The van der Waals surface area contributed by atoms with Gasteiger partial charge in [-0.05, 0) is 13.8 Å². The first-order valence-corrected chi connectivity index (χ1v) is 10.4. The van der Waals surface area contributed by atoms with Crippen molar-refractivity contribution < 1.29 is 37.7 Å². The zero-order valence-electron chi connectivity index (χ0n) is 18.8. The Balaban J connectivity index is 1.75. The molecule has 2 bridgehead atoms. The van der Waals surface area contributed by atoms with Gasteiger partial charge in [-0.1, -0.05) is 0 Å². The lowest BCUT2D eigenvalue weighted by atomic mass is 10.1. The topological polar surface area (TPSA) is 124 Å². The molecule has 0 spiro atoms. The van der Waals surface area contributed by atoms with E-state index >= 15 is 0 Å². The molecule has 2 amide bonds. The molecule has 0 unspecified atom stereocenters. The van der Waals surface area contributed by atoms with Crippen LogP contribution in [-0.2, 0) is 11.3 Å². The maximum Gasteiger partial charge on any atom is 0.278 e. The molecule has 2 aliphatic rings. The number of rotatable bonds is 4. The lowest BCUT2D eigenvalue weighted by Gasteiger charge is -2.41. The minimum atomic E-state index is -1.23. The molecule has 0 aliphatic carbocycles. The lowest BCUT2D eigenvalue weighted by Crippen LogP contribution is -2.58. The van der Waals surface area contributed by atoms with E-state index in [0.717, 1.165) is 10.9 Å². The minimum Gasteiger partial charge on any atom is -0.507 e. The van der Waals surface area contributed by atoms with Crippen molar-refractivity contribution in [2.75, 3.05) is 18.8 Å². The molecule has 0 saturated carbocycles. The molecule has 0 fully saturated rings. The first kappa shape index (κ1) is 24.0. The highest BCUT2D eigenvalue weighted by molar-refractivity contribution is 5.99. The molecule has 3 heterocycles. The van der Waals surface area contributed by atoms with Gasteiger partial charge in [0.05, 0.1) is 13.2 Å². The van der Waals surface area contributed by atoms with Crippen LogP contribution in [0.2, 0.25) is 0 Å². The molecule has 3 N–H and O–H groups in total. The van der Waals surface area contributed by atoms with Gasteiger partial charge in [0.15, 0.2) is 23.0 Å². The zero-order chi connectivity index (χ0) is 25.8. The minimum absolute atomic E-state index is 0.0829. The molecule has 2 aliphatic heterocycles. The van der Waals surface area contributed by atoms with E-state index in [4.69, 9.17) is 4.74 Å². The Hall–Kier alpha value is -4.16.